The van der Waals surface area contributed by atoms with Gasteiger partial charge in [0.15, 0.2) is 0 Å². The summed E-state index contributed by atoms with van der Waals surface area (Å²) < 4.78 is 0. The lowest BCUT2D eigenvalue weighted by Crippen LogP contribution is -2.48. The molecule has 24 heavy (non-hydrogen) atoms. The van der Waals surface area contributed by atoms with Gasteiger partial charge in [-0.3, -0.25) is 9.78 Å². The van der Waals surface area contributed by atoms with Crippen molar-refractivity contribution < 1.29 is 4.79 Å². The highest BCUT2D eigenvalue weighted by Crippen LogP contribution is 2.40. The number of aromatic nitrogens is 1. The Morgan fingerprint density at radius 3 is 2.25 bits per heavy atom. The first-order chi connectivity index (χ1) is 11.5. The van der Waals surface area contributed by atoms with E-state index in [0.29, 0.717) is 42.4 Å². The van der Waals surface area contributed by atoms with Crippen LogP contribution in [0.2, 0.25) is 10.0 Å². The normalized spacial score (nSPS) is 16.8. The van der Waals surface area contributed by atoms with Gasteiger partial charge >= 0.3 is 0 Å². The van der Waals surface area contributed by atoms with Crippen LogP contribution in [0.15, 0.2) is 42.7 Å². The molecular formula is C18H19Cl2N3O. The van der Waals surface area contributed by atoms with Gasteiger partial charge in [0.1, 0.15) is 0 Å². The maximum Gasteiger partial charge on any atom is 0.224 e. The molecule has 2 N–H and O–H groups in total. The SMILES string of the molecule is NC(=O)C1(Cc2ccccc2)CCN(c2c(Cl)cncc2Cl)CC1. The van der Waals surface area contributed by atoms with Crippen molar-refractivity contribution in [3.8, 4) is 0 Å². The molecule has 2 heterocycles. The number of benzene rings is 1. The van der Waals surface area contributed by atoms with Crippen molar-refractivity contribution in [1.82, 2.24) is 4.98 Å². The summed E-state index contributed by atoms with van der Waals surface area (Å²) in [6.45, 7) is 1.36. The molecule has 4 nitrogen and oxygen atoms in total. The second-order valence-corrected chi connectivity index (χ2v) is 7.06. The Kier molecular flexibility index (Phi) is 4.97. The minimum Gasteiger partial charge on any atom is -0.369 e. The zero-order valence-electron chi connectivity index (χ0n) is 13.2. The average molecular weight is 364 g/mol. The third kappa shape index (κ3) is 3.35. The number of hydrogen-bond donors (Lipinski definition) is 1. The van der Waals surface area contributed by atoms with E-state index in [1.54, 1.807) is 12.4 Å². The molecule has 0 bridgehead atoms. The smallest absolute Gasteiger partial charge is 0.224 e. The molecule has 126 valence electrons. The summed E-state index contributed by atoms with van der Waals surface area (Å²) in [7, 11) is 0. The second kappa shape index (κ2) is 6.99. The summed E-state index contributed by atoms with van der Waals surface area (Å²) in [6, 6.07) is 10.0. The van der Waals surface area contributed by atoms with Crippen molar-refractivity contribution in [2.75, 3.05) is 18.0 Å². The Hall–Kier alpha value is -1.78. The van der Waals surface area contributed by atoms with Crippen LogP contribution in [0.4, 0.5) is 5.69 Å². The van der Waals surface area contributed by atoms with Crippen LogP contribution >= 0.6 is 23.2 Å². The Bertz CT molecular complexity index is 708. The predicted molar refractivity (Wildman–Crippen MR) is 97.5 cm³/mol. The largest absolute Gasteiger partial charge is 0.369 e. The summed E-state index contributed by atoms with van der Waals surface area (Å²) in [5.41, 5.74) is 7.16. The summed E-state index contributed by atoms with van der Waals surface area (Å²) >= 11 is 12.5. The molecule has 0 unspecified atom stereocenters. The molecule has 3 rings (SSSR count). The van der Waals surface area contributed by atoms with Crippen LogP contribution < -0.4 is 10.6 Å². The maximum absolute atomic E-state index is 12.2. The summed E-state index contributed by atoms with van der Waals surface area (Å²) in [4.78, 5) is 18.3. The predicted octanol–water partition coefficient (Wildman–Crippen LogP) is 3.70. The fraction of sp³-hybridized carbons (Fsp3) is 0.333. The molecule has 1 aliphatic heterocycles. The van der Waals surface area contributed by atoms with Gasteiger partial charge in [-0.05, 0) is 24.8 Å². The standard InChI is InChI=1S/C18H19Cl2N3O/c19-14-11-22-12-15(20)16(14)23-8-6-18(7-9-23,17(21)24)10-13-4-2-1-3-5-13/h1-5,11-12H,6-10H2,(H2,21,24). The van der Waals surface area contributed by atoms with Gasteiger partial charge in [-0.1, -0.05) is 53.5 Å². The number of piperidine rings is 1. The number of rotatable bonds is 4. The van der Waals surface area contributed by atoms with Crippen LogP contribution in [0, 0.1) is 5.41 Å². The van der Waals surface area contributed by atoms with E-state index in [1.807, 2.05) is 30.3 Å². The van der Waals surface area contributed by atoms with Gasteiger partial charge in [0.25, 0.3) is 0 Å². The molecule has 6 heteroatoms. The summed E-state index contributed by atoms with van der Waals surface area (Å²) in [5, 5.41) is 1.05. The first-order valence-corrected chi connectivity index (χ1v) is 8.65. The highest BCUT2D eigenvalue weighted by atomic mass is 35.5. The molecular weight excluding hydrogens is 345 g/mol. The molecule has 0 spiro atoms. The van der Waals surface area contributed by atoms with Crippen molar-refractivity contribution in [3.63, 3.8) is 0 Å². The minimum absolute atomic E-state index is 0.238. The van der Waals surface area contributed by atoms with E-state index in [0.717, 1.165) is 11.3 Å². The third-order valence-corrected chi connectivity index (χ3v) is 5.33. The number of nitrogens with two attached hydrogens (primary N) is 1. The average Bonchev–Trinajstić information content (AvgIpc) is 2.57. The zero-order valence-corrected chi connectivity index (χ0v) is 14.7. The van der Waals surface area contributed by atoms with Gasteiger partial charge in [-0.25, -0.2) is 0 Å². The van der Waals surface area contributed by atoms with E-state index in [9.17, 15) is 4.79 Å². The maximum atomic E-state index is 12.2. The molecule has 0 saturated carbocycles. The third-order valence-electron chi connectivity index (χ3n) is 4.77. The first-order valence-electron chi connectivity index (χ1n) is 7.90. The van der Waals surface area contributed by atoms with E-state index in [1.165, 1.54) is 0 Å². The van der Waals surface area contributed by atoms with Crippen LogP contribution in [0.5, 0.6) is 0 Å². The van der Waals surface area contributed by atoms with Crippen molar-refractivity contribution in [2.45, 2.75) is 19.3 Å². The quantitative estimate of drug-likeness (QED) is 0.900. The fourth-order valence-corrected chi connectivity index (χ4v) is 3.97. The Morgan fingerprint density at radius 2 is 1.71 bits per heavy atom. The van der Waals surface area contributed by atoms with Crippen LogP contribution in [0.25, 0.3) is 0 Å². The molecule has 1 saturated heterocycles. The number of carbonyl (C=O) groups excluding carboxylic acids is 1. The molecule has 0 aliphatic carbocycles. The van der Waals surface area contributed by atoms with Crippen LogP contribution in [-0.2, 0) is 11.2 Å². The van der Waals surface area contributed by atoms with Gasteiger partial charge < -0.3 is 10.6 Å². The van der Waals surface area contributed by atoms with Gasteiger partial charge in [0, 0.05) is 25.5 Å². The van der Waals surface area contributed by atoms with Crippen molar-refractivity contribution in [1.29, 1.82) is 0 Å². The van der Waals surface area contributed by atoms with Crippen molar-refractivity contribution in [3.05, 3.63) is 58.3 Å². The molecule has 1 aromatic carbocycles. The topological polar surface area (TPSA) is 59.2 Å². The van der Waals surface area contributed by atoms with E-state index >= 15 is 0 Å². The lowest BCUT2D eigenvalue weighted by molar-refractivity contribution is -0.128. The van der Waals surface area contributed by atoms with Crippen molar-refractivity contribution >= 4 is 34.8 Å². The number of hydrogen-bond acceptors (Lipinski definition) is 3. The van der Waals surface area contributed by atoms with Crippen molar-refractivity contribution in [2.24, 2.45) is 11.1 Å². The van der Waals surface area contributed by atoms with Gasteiger partial charge in [0.05, 0.1) is 21.1 Å². The fourth-order valence-electron chi connectivity index (χ4n) is 3.36. The highest BCUT2D eigenvalue weighted by Gasteiger charge is 2.40. The first kappa shape index (κ1) is 17.1. The number of pyridine rings is 1. The number of primary amides is 1. The molecule has 2 aromatic rings. The highest BCUT2D eigenvalue weighted by molar-refractivity contribution is 6.38. The molecule has 0 radical (unpaired) electrons. The second-order valence-electron chi connectivity index (χ2n) is 6.25. The molecule has 0 atom stereocenters. The van der Waals surface area contributed by atoms with E-state index < -0.39 is 5.41 Å². The van der Waals surface area contributed by atoms with E-state index in [2.05, 4.69) is 9.88 Å². The van der Waals surface area contributed by atoms with E-state index in [4.69, 9.17) is 28.9 Å². The molecule has 1 aliphatic rings. The van der Waals surface area contributed by atoms with Crippen LogP contribution in [0.3, 0.4) is 0 Å². The van der Waals surface area contributed by atoms with Gasteiger partial charge in [-0.2, -0.15) is 0 Å². The van der Waals surface area contributed by atoms with Crippen LogP contribution in [-0.4, -0.2) is 24.0 Å². The van der Waals surface area contributed by atoms with Crippen LogP contribution in [0.1, 0.15) is 18.4 Å². The molecule has 1 amide bonds. The number of carbonyl (C=O) groups is 1. The van der Waals surface area contributed by atoms with Gasteiger partial charge in [-0.15, -0.1) is 0 Å². The Balaban J connectivity index is 1.79. The number of amides is 1. The Morgan fingerprint density at radius 1 is 1.12 bits per heavy atom. The molecule has 1 aromatic heterocycles. The Labute approximate surface area is 151 Å². The summed E-state index contributed by atoms with van der Waals surface area (Å²) in [5.74, 6) is -0.238. The zero-order chi connectivity index (χ0) is 17.2. The monoisotopic (exact) mass is 363 g/mol. The lowest BCUT2D eigenvalue weighted by Gasteiger charge is -2.41. The van der Waals surface area contributed by atoms with Gasteiger partial charge in [0.2, 0.25) is 5.91 Å². The minimum atomic E-state index is -0.524. The lowest BCUT2D eigenvalue weighted by atomic mass is 9.73. The number of nitrogens with zero attached hydrogens (tertiary/aromatic N) is 2. The number of anilines is 1. The summed E-state index contributed by atoms with van der Waals surface area (Å²) in [6.07, 6.45) is 5.18. The van der Waals surface area contributed by atoms with E-state index in [-0.39, 0.29) is 5.91 Å². The number of halogens is 2. The molecule has 1 fully saturated rings.